The zero-order chi connectivity index (χ0) is 12.4. The monoisotopic (exact) mass is 228 g/mol. The third-order valence-electron chi connectivity index (χ3n) is 2.78. The van der Waals surface area contributed by atoms with Crippen LogP contribution in [0.15, 0.2) is 0 Å². The van der Waals surface area contributed by atoms with Gasteiger partial charge in [0, 0.05) is 6.54 Å². The highest BCUT2D eigenvalue weighted by molar-refractivity contribution is 5.81. The zero-order valence-corrected chi connectivity index (χ0v) is 11.1. The minimum Gasteiger partial charge on any atom is -0.355 e. The van der Waals surface area contributed by atoms with Crippen molar-refractivity contribution in [2.24, 2.45) is 11.7 Å². The smallest absolute Gasteiger partial charge is 0.236 e. The lowest BCUT2D eigenvalue weighted by Crippen LogP contribution is -2.40. The Balaban J connectivity index is 3.24. The van der Waals surface area contributed by atoms with Crippen LogP contribution in [0.25, 0.3) is 0 Å². The van der Waals surface area contributed by atoms with E-state index in [4.69, 9.17) is 5.73 Å². The molecule has 1 unspecified atom stereocenters. The summed E-state index contributed by atoms with van der Waals surface area (Å²) >= 11 is 0. The van der Waals surface area contributed by atoms with E-state index in [1.54, 1.807) is 0 Å². The highest BCUT2D eigenvalue weighted by Gasteiger charge is 2.08. The lowest BCUT2D eigenvalue weighted by Gasteiger charge is -2.09. The number of hydrogen-bond donors (Lipinski definition) is 2. The molecule has 1 amide bonds. The number of unbranched alkanes of at least 4 members (excludes halogenated alkanes) is 3. The fraction of sp³-hybridized carbons (Fsp3) is 0.923. The van der Waals surface area contributed by atoms with Gasteiger partial charge >= 0.3 is 0 Å². The summed E-state index contributed by atoms with van der Waals surface area (Å²) in [7, 11) is 0. The summed E-state index contributed by atoms with van der Waals surface area (Å²) in [6.07, 6.45) is 6.87. The number of carbonyl (C=O) groups is 1. The minimum atomic E-state index is -0.332. The third-order valence-corrected chi connectivity index (χ3v) is 2.78. The molecule has 0 aliphatic rings. The second-order valence-electron chi connectivity index (χ2n) is 4.90. The van der Waals surface area contributed by atoms with Crippen molar-refractivity contribution in [1.82, 2.24) is 5.32 Å². The predicted molar refractivity (Wildman–Crippen MR) is 69.2 cm³/mol. The summed E-state index contributed by atoms with van der Waals surface area (Å²) in [6.45, 7) is 7.21. The van der Waals surface area contributed by atoms with Crippen molar-refractivity contribution in [3.8, 4) is 0 Å². The Kier molecular flexibility index (Phi) is 9.30. The molecule has 0 aliphatic heterocycles. The molecule has 0 saturated carbocycles. The molecule has 96 valence electrons. The molecule has 3 nitrogen and oxygen atoms in total. The van der Waals surface area contributed by atoms with Gasteiger partial charge in [-0.05, 0) is 18.8 Å². The van der Waals surface area contributed by atoms with Crippen LogP contribution < -0.4 is 11.1 Å². The van der Waals surface area contributed by atoms with Crippen molar-refractivity contribution in [3.05, 3.63) is 0 Å². The maximum atomic E-state index is 11.3. The first-order chi connectivity index (χ1) is 7.57. The van der Waals surface area contributed by atoms with E-state index in [2.05, 4.69) is 19.2 Å². The van der Waals surface area contributed by atoms with Gasteiger partial charge < -0.3 is 11.1 Å². The molecule has 0 aliphatic carbocycles. The molecular formula is C13H28N2O. The number of nitrogens with two attached hydrogens (primary N) is 1. The predicted octanol–water partition coefficient (Wildman–Crippen LogP) is 2.45. The van der Waals surface area contributed by atoms with Crippen LogP contribution in [0.3, 0.4) is 0 Å². The molecule has 0 radical (unpaired) electrons. The number of nitrogens with one attached hydrogen (secondary N) is 1. The molecule has 0 aromatic carbocycles. The summed E-state index contributed by atoms with van der Waals surface area (Å²) < 4.78 is 0. The maximum absolute atomic E-state index is 11.3. The molecule has 0 bridgehead atoms. The molecule has 0 spiro atoms. The van der Waals surface area contributed by atoms with Gasteiger partial charge in [-0.3, -0.25) is 4.79 Å². The third kappa shape index (κ3) is 8.72. The molecule has 0 heterocycles. The van der Waals surface area contributed by atoms with Gasteiger partial charge in [0.05, 0.1) is 6.04 Å². The molecule has 16 heavy (non-hydrogen) atoms. The average molecular weight is 228 g/mol. The molecule has 0 rings (SSSR count). The Labute approximate surface area is 100 Å². The van der Waals surface area contributed by atoms with E-state index < -0.39 is 0 Å². The van der Waals surface area contributed by atoms with Gasteiger partial charge in [-0.25, -0.2) is 0 Å². The van der Waals surface area contributed by atoms with Crippen LogP contribution >= 0.6 is 0 Å². The Morgan fingerprint density at radius 2 is 1.81 bits per heavy atom. The van der Waals surface area contributed by atoms with Gasteiger partial charge in [0.15, 0.2) is 0 Å². The fourth-order valence-electron chi connectivity index (χ4n) is 1.56. The van der Waals surface area contributed by atoms with Crippen molar-refractivity contribution in [2.45, 2.75) is 65.3 Å². The van der Waals surface area contributed by atoms with Crippen molar-refractivity contribution < 1.29 is 4.79 Å². The average Bonchev–Trinajstić information content (AvgIpc) is 2.25. The highest BCUT2D eigenvalue weighted by atomic mass is 16.2. The SMILES string of the molecule is CCC(N)C(=O)NCCCCCCC(C)C. The number of carbonyl (C=O) groups excluding carboxylic acids is 1. The Morgan fingerprint density at radius 1 is 1.19 bits per heavy atom. The fourth-order valence-corrected chi connectivity index (χ4v) is 1.56. The Bertz CT molecular complexity index is 181. The molecule has 0 aromatic heterocycles. The number of rotatable bonds is 9. The van der Waals surface area contributed by atoms with Crippen LogP contribution in [-0.4, -0.2) is 18.5 Å². The van der Waals surface area contributed by atoms with Gasteiger partial charge in [0.1, 0.15) is 0 Å². The second kappa shape index (κ2) is 9.64. The molecule has 3 N–H and O–H groups in total. The first-order valence-corrected chi connectivity index (χ1v) is 6.61. The van der Waals surface area contributed by atoms with Crippen LogP contribution in [0.5, 0.6) is 0 Å². The molecule has 0 aromatic rings. The van der Waals surface area contributed by atoms with Gasteiger partial charge in [-0.1, -0.05) is 46.5 Å². The first-order valence-electron chi connectivity index (χ1n) is 6.61. The van der Waals surface area contributed by atoms with Crippen molar-refractivity contribution in [2.75, 3.05) is 6.54 Å². The van der Waals surface area contributed by atoms with E-state index in [1.165, 1.54) is 25.7 Å². The summed E-state index contributed by atoms with van der Waals surface area (Å²) in [5, 5.41) is 2.87. The summed E-state index contributed by atoms with van der Waals surface area (Å²) in [6, 6.07) is -0.332. The van der Waals surface area contributed by atoms with E-state index in [0.717, 1.165) is 18.9 Å². The quantitative estimate of drug-likeness (QED) is 0.596. The minimum absolute atomic E-state index is 0.00956. The van der Waals surface area contributed by atoms with E-state index in [1.807, 2.05) is 6.92 Å². The molecule has 0 fully saturated rings. The molecule has 1 atom stereocenters. The van der Waals surface area contributed by atoms with E-state index in [9.17, 15) is 4.79 Å². The largest absolute Gasteiger partial charge is 0.355 e. The maximum Gasteiger partial charge on any atom is 0.236 e. The first kappa shape index (κ1) is 15.4. The normalized spacial score (nSPS) is 12.8. The topological polar surface area (TPSA) is 55.1 Å². The van der Waals surface area contributed by atoms with Gasteiger partial charge in [-0.2, -0.15) is 0 Å². The summed E-state index contributed by atoms with van der Waals surface area (Å²) in [4.78, 5) is 11.3. The van der Waals surface area contributed by atoms with Crippen LogP contribution in [0.4, 0.5) is 0 Å². The van der Waals surface area contributed by atoms with Crippen LogP contribution in [0.1, 0.15) is 59.3 Å². The van der Waals surface area contributed by atoms with E-state index in [-0.39, 0.29) is 11.9 Å². The highest BCUT2D eigenvalue weighted by Crippen LogP contribution is 2.08. The molecule has 3 heteroatoms. The van der Waals surface area contributed by atoms with Crippen molar-refractivity contribution >= 4 is 5.91 Å². The van der Waals surface area contributed by atoms with Crippen molar-refractivity contribution in [1.29, 1.82) is 0 Å². The van der Waals surface area contributed by atoms with Gasteiger partial charge in [0.2, 0.25) is 5.91 Å². The van der Waals surface area contributed by atoms with Gasteiger partial charge in [-0.15, -0.1) is 0 Å². The molecule has 0 saturated heterocycles. The Morgan fingerprint density at radius 3 is 2.38 bits per heavy atom. The summed E-state index contributed by atoms with van der Waals surface area (Å²) in [5.41, 5.74) is 5.60. The lowest BCUT2D eigenvalue weighted by molar-refractivity contribution is -0.122. The number of amides is 1. The Hall–Kier alpha value is -0.570. The van der Waals surface area contributed by atoms with E-state index in [0.29, 0.717) is 6.42 Å². The van der Waals surface area contributed by atoms with Crippen LogP contribution in [0.2, 0.25) is 0 Å². The summed E-state index contributed by atoms with van der Waals surface area (Å²) in [5.74, 6) is 0.798. The molecular weight excluding hydrogens is 200 g/mol. The second-order valence-corrected chi connectivity index (χ2v) is 4.90. The lowest BCUT2D eigenvalue weighted by atomic mass is 10.0. The standard InChI is InChI=1S/C13H28N2O/c1-4-12(14)13(16)15-10-8-6-5-7-9-11(2)3/h11-12H,4-10,14H2,1-3H3,(H,15,16). The zero-order valence-electron chi connectivity index (χ0n) is 11.1. The van der Waals surface area contributed by atoms with Gasteiger partial charge in [0.25, 0.3) is 0 Å². The van der Waals surface area contributed by atoms with Crippen molar-refractivity contribution in [3.63, 3.8) is 0 Å². The van der Waals surface area contributed by atoms with Crippen LogP contribution in [0, 0.1) is 5.92 Å². The van der Waals surface area contributed by atoms with E-state index >= 15 is 0 Å². The number of hydrogen-bond acceptors (Lipinski definition) is 2. The van der Waals surface area contributed by atoms with Crippen LogP contribution in [-0.2, 0) is 4.79 Å².